The van der Waals surface area contributed by atoms with Gasteiger partial charge in [0.2, 0.25) is 5.91 Å². The van der Waals surface area contributed by atoms with Crippen LogP contribution in [0.5, 0.6) is 0 Å². The van der Waals surface area contributed by atoms with Crippen LogP contribution in [0.25, 0.3) is 0 Å². The number of carboxylic acid groups (broad SMARTS) is 1. The van der Waals surface area contributed by atoms with Crippen LogP contribution in [0.3, 0.4) is 0 Å². The van der Waals surface area contributed by atoms with Gasteiger partial charge < -0.3 is 10.4 Å². The van der Waals surface area contributed by atoms with Crippen LogP contribution in [0.15, 0.2) is 37.2 Å². The number of nitrogens with zero attached hydrogens (tertiary/aromatic N) is 6. The van der Waals surface area contributed by atoms with Gasteiger partial charge in [-0.25, -0.2) is 4.79 Å². The molecule has 3 rings (SSSR count). The first-order chi connectivity index (χ1) is 12.5. The molecule has 10 heteroatoms. The van der Waals surface area contributed by atoms with Crippen molar-refractivity contribution in [2.24, 2.45) is 0 Å². The molecule has 136 valence electrons. The molecule has 0 spiro atoms. The predicted molar refractivity (Wildman–Crippen MR) is 91.8 cm³/mol. The second-order valence-electron chi connectivity index (χ2n) is 5.81. The molecule has 0 aliphatic rings. The summed E-state index contributed by atoms with van der Waals surface area (Å²) < 4.78 is 4.84. The molecule has 26 heavy (non-hydrogen) atoms. The number of hydrogen-bond acceptors (Lipinski definition) is 5. The average Bonchev–Trinajstić information content (AvgIpc) is 3.35. The summed E-state index contributed by atoms with van der Waals surface area (Å²) in [6.45, 7) is 5.00. The van der Waals surface area contributed by atoms with E-state index in [2.05, 4.69) is 20.6 Å². The second-order valence-corrected chi connectivity index (χ2v) is 5.81. The number of nitrogens with one attached hydrogen (secondary N) is 1. The minimum atomic E-state index is -1.09. The largest absolute Gasteiger partial charge is 0.478 e. The number of anilines is 1. The van der Waals surface area contributed by atoms with Crippen molar-refractivity contribution in [1.82, 2.24) is 29.3 Å². The van der Waals surface area contributed by atoms with Crippen LogP contribution in [0.2, 0.25) is 0 Å². The fraction of sp³-hybridized carbons (Fsp3) is 0.312. The Hall–Kier alpha value is -3.43. The van der Waals surface area contributed by atoms with E-state index < -0.39 is 12.0 Å². The quantitative estimate of drug-likeness (QED) is 0.656. The molecule has 1 unspecified atom stereocenters. The summed E-state index contributed by atoms with van der Waals surface area (Å²) in [5.41, 5.74) is 1.60. The summed E-state index contributed by atoms with van der Waals surface area (Å²) in [7, 11) is 0. The van der Waals surface area contributed by atoms with Crippen LogP contribution >= 0.6 is 0 Å². The number of carboxylic acids is 1. The Bertz CT molecular complexity index is 924. The molecule has 10 nitrogen and oxygen atoms in total. The van der Waals surface area contributed by atoms with E-state index in [1.54, 1.807) is 30.2 Å². The number of rotatable bonds is 7. The molecular formula is C16H19N7O3. The van der Waals surface area contributed by atoms with Crippen molar-refractivity contribution in [2.75, 3.05) is 5.32 Å². The molecule has 0 saturated carbocycles. The van der Waals surface area contributed by atoms with Crippen LogP contribution < -0.4 is 5.32 Å². The number of aromatic nitrogens is 6. The summed E-state index contributed by atoms with van der Waals surface area (Å²) in [5.74, 6) is -1.40. The average molecular weight is 357 g/mol. The molecule has 3 aromatic rings. The van der Waals surface area contributed by atoms with E-state index in [0.29, 0.717) is 12.2 Å². The lowest BCUT2D eigenvalue weighted by molar-refractivity contribution is -0.119. The van der Waals surface area contributed by atoms with Gasteiger partial charge in [-0.1, -0.05) is 0 Å². The summed E-state index contributed by atoms with van der Waals surface area (Å²) in [6.07, 6.45) is 9.53. The number of carbonyl (C=O) groups excluding carboxylic acids is 1. The molecule has 1 atom stereocenters. The number of carbonyl (C=O) groups is 2. The van der Waals surface area contributed by atoms with E-state index in [-0.39, 0.29) is 11.5 Å². The van der Waals surface area contributed by atoms with E-state index in [1.807, 2.05) is 17.8 Å². The van der Waals surface area contributed by atoms with Gasteiger partial charge in [0, 0.05) is 30.7 Å². The van der Waals surface area contributed by atoms with Crippen molar-refractivity contribution in [3.05, 3.63) is 48.3 Å². The highest BCUT2D eigenvalue weighted by Gasteiger charge is 2.18. The molecule has 1 amide bonds. The van der Waals surface area contributed by atoms with E-state index in [9.17, 15) is 9.59 Å². The molecule has 0 aliphatic heterocycles. The van der Waals surface area contributed by atoms with Gasteiger partial charge >= 0.3 is 5.97 Å². The lowest BCUT2D eigenvalue weighted by atomic mass is 10.3. The Balaban J connectivity index is 1.62. The maximum Gasteiger partial charge on any atom is 0.338 e. The maximum absolute atomic E-state index is 12.3. The minimum Gasteiger partial charge on any atom is -0.478 e. The second kappa shape index (κ2) is 7.21. The molecular weight excluding hydrogens is 338 g/mol. The highest BCUT2D eigenvalue weighted by molar-refractivity contribution is 5.93. The minimum absolute atomic E-state index is 0.0325. The number of hydrogen-bond donors (Lipinski definition) is 2. The smallest absolute Gasteiger partial charge is 0.338 e. The Morgan fingerprint density at radius 2 is 1.88 bits per heavy atom. The highest BCUT2D eigenvalue weighted by atomic mass is 16.4. The first-order valence-electron chi connectivity index (χ1n) is 8.08. The molecule has 0 saturated heterocycles. The van der Waals surface area contributed by atoms with E-state index in [0.717, 1.165) is 12.1 Å². The maximum atomic E-state index is 12.3. The summed E-state index contributed by atoms with van der Waals surface area (Å²) in [4.78, 5) is 23.2. The van der Waals surface area contributed by atoms with Crippen molar-refractivity contribution in [2.45, 2.75) is 33.0 Å². The van der Waals surface area contributed by atoms with Crippen molar-refractivity contribution < 1.29 is 14.7 Å². The fourth-order valence-corrected chi connectivity index (χ4v) is 2.39. The summed E-state index contributed by atoms with van der Waals surface area (Å²) in [5, 5.41) is 24.0. The van der Waals surface area contributed by atoms with E-state index in [1.165, 1.54) is 17.1 Å². The standard InChI is InChI=1S/C16H19N7O3/c1-3-21-7-12(4-17-21)8-22-10-14(6-18-22)20-15(24)11(2)23-9-13(5-19-23)16(25)26/h4-7,9-11H,3,8H2,1-2H3,(H,20,24)(H,25,26). The van der Waals surface area contributed by atoms with Gasteiger partial charge in [0.05, 0.1) is 36.4 Å². The molecule has 2 N–H and O–H groups in total. The van der Waals surface area contributed by atoms with Gasteiger partial charge in [-0.3, -0.25) is 18.8 Å². The highest BCUT2D eigenvalue weighted by Crippen LogP contribution is 2.13. The third-order valence-corrected chi connectivity index (χ3v) is 3.88. The zero-order valence-corrected chi connectivity index (χ0v) is 14.4. The first kappa shape index (κ1) is 17.4. The van der Waals surface area contributed by atoms with E-state index >= 15 is 0 Å². The zero-order valence-electron chi connectivity index (χ0n) is 14.4. The number of aromatic carboxylic acids is 1. The summed E-state index contributed by atoms with van der Waals surface area (Å²) >= 11 is 0. The topological polar surface area (TPSA) is 120 Å². The van der Waals surface area contributed by atoms with Crippen molar-refractivity contribution in [3.63, 3.8) is 0 Å². The zero-order chi connectivity index (χ0) is 18.7. The lowest BCUT2D eigenvalue weighted by Crippen LogP contribution is -2.23. The molecule has 0 aliphatic carbocycles. The number of aryl methyl sites for hydroxylation is 1. The van der Waals surface area contributed by atoms with E-state index in [4.69, 9.17) is 5.11 Å². The molecule has 0 aromatic carbocycles. The Kier molecular flexibility index (Phi) is 4.83. The van der Waals surface area contributed by atoms with Gasteiger partial charge in [-0.2, -0.15) is 15.3 Å². The van der Waals surface area contributed by atoms with Crippen LogP contribution in [-0.2, 0) is 17.9 Å². The van der Waals surface area contributed by atoms with Crippen molar-refractivity contribution in [1.29, 1.82) is 0 Å². The van der Waals surface area contributed by atoms with Crippen LogP contribution in [0.4, 0.5) is 5.69 Å². The molecule has 0 radical (unpaired) electrons. The van der Waals surface area contributed by atoms with Crippen LogP contribution in [0, 0.1) is 0 Å². The first-order valence-corrected chi connectivity index (χ1v) is 8.08. The molecule has 0 fully saturated rings. The SMILES string of the molecule is CCn1cc(Cn2cc(NC(=O)C(C)n3cc(C(=O)O)cn3)cn2)cn1. The van der Waals surface area contributed by atoms with Gasteiger partial charge in [0.15, 0.2) is 0 Å². The van der Waals surface area contributed by atoms with Gasteiger partial charge in [-0.05, 0) is 13.8 Å². The van der Waals surface area contributed by atoms with Crippen LogP contribution in [0.1, 0.15) is 35.8 Å². The third-order valence-electron chi connectivity index (χ3n) is 3.88. The normalized spacial score (nSPS) is 12.1. The number of amides is 1. The monoisotopic (exact) mass is 357 g/mol. The van der Waals surface area contributed by atoms with Crippen molar-refractivity contribution >= 4 is 17.6 Å². The fourth-order valence-electron chi connectivity index (χ4n) is 2.39. The third kappa shape index (κ3) is 3.79. The Morgan fingerprint density at radius 3 is 2.54 bits per heavy atom. The Labute approximate surface area is 149 Å². The summed E-state index contributed by atoms with van der Waals surface area (Å²) in [6, 6.07) is -0.658. The molecule has 3 aromatic heterocycles. The van der Waals surface area contributed by atoms with Crippen LogP contribution in [-0.4, -0.2) is 46.3 Å². The predicted octanol–water partition coefficient (Wildman–Crippen LogP) is 1.24. The van der Waals surface area contributed by atoms with Crippen molar-refractivity contribution in [3.8, 4) is 0 Å². The van der Waals surface area contributed by atoms with Gasteiger partial charge in [-0.15, -0.1) is 0 Å². The molecule has 3 heterocycles. The molecule has 0 bridgehead atoms. The van der Waals surface area contributed by atoms with Gasteiger partial charge in [0.1, 0.15) is 6.04 Å². The van der Waals surface area contributed by atoms with Gasteiger partial charge in [0.25, 0.3) is 0 Å². The Morgan fingerprint density at radius 1 is 1.12 bits per heavy atom. The lowest BCUT2D eigenvalue weighted by Gasteiger charge is -2.11.